The van der Waals surface area contributed by atoms with E-state index in [0.29, 0.717) is 34.2 Å². The molecule has 0 fully saturated rings. The molecular weight excluding hydrogens is 395 g/mol. The minimum absolute atomic E-state index is 0.0820. The molecule has 29 heavy (non-hydrogen) atoms. The van der Waals surface area contributed by atoms with Crippen LogP contribution in [0.2, 0.25) is 5.02 Å². The number of nitrogens with zero attached hydrogens (tertiary/aromatic N) is 2. The molecule has 3 aromatic rings. The summed E-state index contributed by atoms with van der Waals surface area (Å²) in [6, 6.07) is 10.5. The smallest absolute Gasteiger partial charge is 0.308 e. The van der Waals surface area contributed by atoms with E-state index in [1.165, 1.54) is 19.1 Å². The first kappa shape index (κ1) is 20.5. The highest BCUT2D eigenvalue weighted by molar-refractivity contribution is 6.31. The number of rotatable bonds is 5. The van der Waals surface area contributed by atoms with Gasteiger partial charge in [-0.15, -0.1) is 0 Å². The summed E-state index contributed by atoms with van der Waals surface area (Å²) in [5.74, 6) is -0.485. The van der Waals surface area contributed by atoms with Crippen LogP contribution in [-0.2, 0) is 6.54 Å². The van der Waals surface area contributed by atoms with Crippen molar-refractivity contribution in [2.75, 3.05) is 10.6 Å². The number of anilines is 2. The van der Waals surface area contributed by atoms with Crippen LogP contribution in [0.15, 0.2) is 42.5 Å². The molecule has 2 aromatic carbocycles. The molecule has 0 unspecified atom stereocenters. The maximum Gasteiger partial charge on any atom is 0.323 e. The van der Waals surface area contributed by atoms with Crippen LogP contribution in [-0.4, -0.2) is 21.6 Å². The van der Waals surface area contributed by atoms with Gasteiger partial charge in [0.05, 0.1) is 23.6 Å². The van der Waals surface area contributed by atoms with Crippen molar-refractivity contribution in [3.05, 3.63) is 75.8 Å². The van der Waals surface area contributed by atoms with Crippen molar-refractivity contribution < 1.29 is 14.0 Å². The highest BCUT2D eigenvalue weighted by atomic mass is 35.5. The first-order valence-corrected chi connectivity index (χ1v) is 9.29. The van der Waals surface area contributed by atoms with Crippen molar-refractivity contribution in [1.29, 1.82) is 0 Å². The fraction of sp³-hybridized carbons (Fsp3) is 0.190. The molecule has 0 saturated heterocycles. The fourth-order valence-corrected chi connectivity index (χ4v) is 3.16. The Labute approximate surface area is 172 Å². The predicted molar refractivity (Wildman–Crippen MR) is 111 cm³/mol. The summed E-state index contributed by atoms with van der Waals surface area (Å²) in [4.78, 5) is 23.9. The largest absolute Gasteiger partial charge is 0.323 e. The van der Waals surface area contributed by atoms with Gasteiger partial charge in [0, 0.05) is 16.3 Å². The minimum Gasteiger partial charge on any atom is -0.308 e. The SMILES string of the molecule is CC(=O)c1cccc(NC(=O)Nc2c(C)nn(Cc3ccc(F)cc3Cl)c2C)c1. The zero-order valence-corrected chi connectivity index (χ0v) is 17.0. The van der Waals surface area contributed by atoms with E-state index in [-0.39, 0.29) is 5.78 Å². The number of ketones is 1. The molecular formula is C21H20ClFN4O2. The van der Waals surface area contributed by atoms with Crippen LogP contribution in [0.1, 0.15) is 34.2 Å². The second-order valence-electron chi connectivity index (χ2n) is 6.66. The number of aryl methyl sites for hydroxylation is 1. The number of nitrogens with one attached hydrogen (secondary N) is 2. The maximum atomic E-state index is 13.2. The molecule has 6 nitrogen and oxygen atoms in total. The lowest BCUT2D eigenvalue weighted by molar-refractivity contribution is 0.101. The molecule has 0 aliphatic carbocycles. The Kier molecular flexibility index (Phi) is 5.98. The van der Waals surface area contributed by atoms with E-state index in [4.69, 9.17) is 11.6 Å². The second kappa shape index (κ2) is 8.45. The Bertz CT molecular complexity index is 1090. The van der Waals surface area contributed by atoms with Gasteiger partial charge in [0.1, 0.15) is 5.82 Å². The van der Waals surface area contributed by atoms with Crippen molar-refractivity contribution in [2.24, 2.45) is 0 Å². The number of aromatic nitrogens is 2. The standard InChI is InChI=1S/C21H20ClFN4O2/c1-12-20(25-21(29)24-18-6-4-5-15(9-18)14(3)28)13(2)27(26-12)11-16-7-8-17(23)10-19(16)22/h4-10H,11H2,1-3H3,(H2,24,25,29). The van der Waals surface area contributed by atoms with Gasteiger partial charge >= 0.3 is 6.03 Å². The first-order chi connectivity index (χ1) is 13.7. The van der Waals surface area contributed by atoms with E-state index in [2.05, 4.69) is 15.7 Å². The third kappa shape index (κ3) is 4.81. The van der Waals surface area contributed by atoms with Gasteiger partial charge in [0.25, 0.3) is 0 Å². The predicted octanol–water partition coefficient (Wildman–Crippen LogP) is 5.19. The first-order valence-electron chi connectivity index (χ1n) is 8.91. The Balaban J connectivity index is 1.75. The Morgan fingerprint density at radius 2 is 1.90 bits per heavy atom. The van der Waals surface area contributed by atoms with Crippen LogP contribution < -0.4 is 10.6 Å². The van der Waals surface area contributed by atoms with Crippen LogP contribution in [0, 0.1) is 19.7 Å². The average Bonchev–Trinajstić information content (AvgIpc) is 2.91. The zero-order valence-electron chi connectivity index (χ0n) is 16.2. The topological polar surface area (TPSA) is 76.0 Å². The van der Waals surface area contributed by atoms with E-state index < -0.39 is 11.8 Å². The van der Waals surface area contributed by atoms with Gasteiger partial charge < -0.3 is 10.6 Å². The maximum absolute atomic E-state index is 13.2. The molecule has 1 aromatic heterocycles. The summed E-state index contributed by atoms with van der Waals surface area (Å²) in [5.41, 5.74) is 3.68. The van der Waals surface area contributed by atoms with Gasteiger partial charge in [-0.05, 0) is 50.6 Å². The van der Waals surface area contributed by atoms with Crippen LogP contribution in [0.3, 0.4) is 0 Å². The van der Waals surface area contributed by atoms with Gasteiger partial charge in [-0.1, -0.05) is 29.8 Å². The van der Waals surface area contributed by atoms with Gasteiger partial charge in [-0.25, -0.2) is 9.18 Å². The zero-order chi connectivity index (χ0) is 21.1. The monoisotopic (exact) mass is 414 g/mol. The van der Waals surface area contributed by atoms with E-state index >= 15 is 0 Å². The van der Waals surface area contributed by atoms with Gasteiger partial charge in [-0.2, -0.15) is 5.10 Å². The molecule has 150 valence electrons. The lowest BCUT2D eigenvalue weighted by Crippen LogP contribution is -2.20. The highest BCUT2D eigenvalue weighted by Gasteiger charge is 2.16. The van der Waals surface area contributed by atoms with Crippen molar-refractivity contribution in [3.63, 3.8) is 0 Å². The van der Waals surface area contributed by atoms with Gasteiger partial charge in [0.15, 0.2) is 5.78 Å². The number of carbonyl (C=O) groups excluding carboxylic acids is 2. The van der Waals surface area contributed by atoms with Gasteiger partial charge in [0.2, 0.25) is 0 Å². The van der Waals surface area contributed by atoms with Crippen molar-refractivity contribution >= 4 is 34.8 Å². The summed E-state index contributed by atoms with van der Waals surface area (Å²) in [7, 11) is 0. The fourth-order valence-electron chi connectivity index (χ4n) is 2.93. The molecule has 2 N–H and O–H groups in total. The molecule has 0 atom stereocenters. The van der Waals surface area contributed by atoms with Crippen LogP contribution in [0.4, 0.5) is 20.6 Å². The number of benzene rings is 2. The molecule has 0 aliphatic rings. The summed E-state index contributed by atoms with van der Waals surface area (Å²) >= 11 is 6.10. The lowest BCUT2D eigenvalue weighted by Gasteiger charge is -2.10. The quantitative estimate of drug-likeness (QED) is 0.564. The molecule has 0 aliphatic heterocycles. The summed E-state index contributed by atoms with van der Waals surface area (Å²) in [5, 5.41) is 10.3. The van der Waals surface area contributed by atoms with Crippen LogP contribution in [0.25, 0.3) is 0 Å². The van der Waals surface area contributed by atoms with Crippen molar-refractivity contribution in [3.8, 4) is 0 Å². The number of amides is 2. The third-order valence-corrected chi connectivity index (χ3v) is 4.83. The Morgan fingerprint density at radius 3 is 2.59 bits per heavy atom. The molecule has 0 spiro atoms. The van der Waals surface area contributed by atoms with E-state index in [9.17, 15) is 14.0 Å². The van der Waals surface area contributed by atoms with Crippen molar-refractivity contribution in [1.82, 2.24) is 9.78 Å². The summed E-state index contributed by atoms with van der Waals surface area (Å²) in [6.07, 6.45) is 0. The number of hydrogen-bond donors (Lipinski definition) is 2. The molecule has 0 bridgehead atoms. The number of carbonyl (C=O) groups is 2. The lowest BCUT2D eigenvalue weighted by atomic mass is 10.1. The van der Waals surface area contributed by atoms with E-state index in [1.807, 2.05) is 6.92 Å². The second-order valence-corrected chi connectivity index (χ2v) is 7.06. The number of Topliss-reactive ketones (excluding diaryl/α,β-unsaturated/α-hetero) is 1. The minimum atomic E-state index is -0.448. The number of hydrogen-bond acceptors (Lipinski definition) is 3. The molecule has 0 radical (unpaired) electrons. The average molecular weight is 415 g/mol. The summed E-state index contributed by atoms with van der Waals surface area (Å²) < 4.78 is 14.9. The van der Waals surface area contributed by atoms with Crippen LogP contribution >= 0.6 is 11.6 Å². The van der Waals surface area contributed by atoms with E-state index in [0.717, 1.165) is 11.3 Å². The normalized spacial score (nSPS) is 10.7. The molecule has 8 heteroatoms. The molecule has 2 amide bonds. The van der Waals surface area contributed by atoms with Gasteiger partial charge in [-0.3, -0.25) is 9.48 Å². The number of urea groups is 1. The van der Waals surface area contributed by atoms with Crippen molar-refractivity contribution in [2.45, 2.75) is 27.3 Å². The molecule has 3 rings (SSSR count). The number of halogens is 2. The summed E-state index contributed by atoms with van der Waals surface area (Å²) in [6.45, 7) is 5.41. The van der Waals surface area contributed by atoms with Crippen LogP contribution in [0.5, 0.6) is 0 Å². The molecule has 0 saturated carbocycles. The highest BCUT2D eigenvalue weighted by Crippen LogP contribution is 2.24. The molecule has 1 heterocycles. The Hall–Kier alpha value is -3.19. The Morgan fingerprint density at radius 1 is 1.14 bits per heavy atom. The van der Waals surface area contributed by atoms with E-state index in [1.54, 1.807) is 41.9 Å². The third-order valence-electron chi connectivity index (χ3n) is 4.48.